The van der Waals surface area contributed by atoms with Crippen LogP contribution in [-0.2, 0) is 9.59 Å². The molecule has 1 saturated heterocycles. The van der Waals surface area contributed by atoms with Crippen LogP contribution in [0.3, 0.4) is 0 Å². The molecule has 2 amide bonds. The molecule has 0 aliphatic carbocycles. The third-order valence-corrected chi connectivity index (χ3v) is 4.70. The van der Waals surface area contributed by atoms with Gasteiger partial charge in [-0.3, -0.25) is 19.8 Å². The highest BCUT2D eigenvalue weighted by molar-refractivity contribution is 9.10. The second kappa shape index (κ2) is 7.89. The van der Waals surface area contributed by atoms with Crippen molar-refractivity contribution in [3.05, 3.63) is 58.1 Å². The number of amides is 2. The lowest BCUT2D eigenvalue weighted by atomic mass is 10.1. The van der Waals surface area contributed by atoms with Gasteiger partial charge in [0.2, 0.25) is 0 Å². The van der Waals surface area contributed by atoms with Crippen molar-refractivity contribution < 1.29 is 19.1 Å². The molecular formula is C19H15BrN2O4S. The lowest BCUT2D eigenvalue weighted by Crippen LogP contribution is -2.54. The quantitative estimate of drug-likeness (QED) is 0.443. The summed E-state index contributed by atoms with van der Waals surface area (Å²) < 4.78 is 11.2. The van der Waals surface area contributed by atoms with E-state index in [0.717, 1.165) is 4.47 Å². The number of benzene rings is 2. The first kappa shape index (κ1) is 19.1. The third-order valence-electron chi connectivity index (χ3n) is 3.92. The van der Waals surface area contributed by atoms with Crippen molar-refractivity contribution >= 4 is 56.8 Å². The summed E-state index contributed by atoms with van der Waals surface area (Å²) in [5.74, 6) is 0.107. The molecule has 0 atom stereocenters. The molecule has 0 spiro atoms. The van der Waals surface area contributed by atoms with Gasteiger partial charge in [-0.25, -0.2) is 0 Å². The van der Waals surface area contributed by atoms with Crippen LogP contribution in [0.5, 0.6) is 11.5 Å². The normalized spacial score (nSPS) is 15.7. The van der Waals surface area contributed by atoms with Gasteiger partial charge in [0.25, 0.3) is 11.8 Å². The Morgan fingerprint density at radius 2 is 1.78 bits per heavy atom. The zero-order chi connectivity index (χ0) is 19.6. The molecule has 2 aromatic rings. The van der Waals surface area contributed by atoms with E-state index in [1.807, 2.05) is 6.07 Å². The Hall–Kier alpha value is -2.71. The summed E-state index contributed by atoms with van der Waals surface area (Å²) in [5.41, 5.74) is 1.07. The molecule has 8 heteroatoms. The number of hydrogen-bond donors (Lipinski definition) is 1. The number of anilines is 1. The molecular weight excluding hydrogens is 432 g/mol. The van der Waals surface area contributed by atoms with Crippen LogP contribution >= 0.6 is 28.1 Å². The predicted molar refractivity (Wildman–Crippen MR) is 110 cm³/mol. The van der Waals surface area contributed by atoms with E-state index in [4.69, 9.17) is 21.7 Å². The van der Waals surface area contributed by atoms with Gasteiger partial charge < -0.3 is 9.47 Å². The minimum absolute atomic E-state index is 0.0218. The highest BCUT2D eigenvalue weighted by atomic mass is 79.9. The maximum absolute atomic E-state index is 13.0. The Labute approximate surface area is 169 Å². The van der Waals surface area contributed by atoms with E-state index >= 15 is 0 Å². The number of rotatable bonds is 4. The van der Waals surface area contributed by atoms with Crippen LogP contribution in [0.15, 0.2) is 52.5 Å². The number of hydrogen-bond acceptors (Lipinski definition) is 5. The Morgan fingerprint density at radius 3 is 2.41 bits per heavy atom. The van der Waals surface area contributed by atoms with Crippen molar-refractivity contribution in [2.75, 3.05) is 19.1 Å². The van der Waals surface area contributed by atoms with E-state index < -0.39 is 11.8 Å². The number of nitrogens with zero attached hydrogens (tertiary/aromatic N) is 1. The molecule has 1 N–H and O–H groups in total. The van der Waals surface area contributed by atoms with Crippen molar-refractivity contribution in [2.24, 2.45) is 0 Å². The Kier molecular flexibility index (Phi) is 5.57. The number of nitrogens with one attached hydrogen (secondary N) is 1. The highest BCUT2D eigenvalue weighted by Gasteiger charge is 2.34. The number of carbonyl (C=O) groups is 2. The first-order valence-electron chi connectivity index (χ1n) is 7.83. The average molecular weight is 447 g/mol. The van der Waals surface area contributed by atoms with Gasteiger partial charge in [0, 0.05) is 10.0 Å². The molecule has 27 heavy (non-hydrogen) atoms. The van der Waals surface area contributed by atoms with E-state index in [-0.39, 0.29) is 10.7 Å². The van der Waals surface area contributed by atoms with Gasteiger partial charge in [-0.05, 0) is 60.8 Å². The molecule has 138 valence electrons. The fraction of sp³-hybridized carbons (Fsp3) is 0.105. The Balaban J connectivity index is 2.03. The summed E-state index contributed by atoms with van der Waals surface area (Å²) in [7, 11) is 3.07. The van der Waals surface area contributed by atoms with Gasteiger partial charge in [-0.1, -0.05) is 15.9 Å². The molecule has 0 bridgehead atoms. The fourth-order valence-electron chi connectivity index (χ4n) is 2.60. The smallest absolute Gasteiger partial charge is 0.270 e. The van der Waals surface area contributed by atoms with E-state index in [1.54, 1.807) is 43.5 Å². The summed E-state index contributed by atoms with van der Waals surface area (Å²) in [5, 5.41) is 2.58. The fourth-order valence-corrected chi connectivity index (χ4v) is 3.26. The zero-order valence-electron chi connectivity index (χ0n) is 14.5. The molecule has 1 heterocycles. The third kappa shape index (κ3) is 3.86. The van der Waals surface area contributed by atoms with Gasteiger partial charge in [-0.2, -0.15) is 0 Å². The number of thiocarbonyl (C=S) groups is 1. The topological polar surface area (TPSA) is 67.9 Å². The van der Waals surface area contributed by atoms with Crippen molar-refractivity contribution in [3.63, 3.8) is 0 Å². The molecule has 0 saturated carbocycles. The first-order chi connectivity index (χ1) is 12.9. The first-order valence-corrected chi connectivity index (χ1v) is 9.03. The SMILES string of the molecule is COc1ccc(N2C(=O)/C(=C\c3cc(Br)ccc3OC)C(=O)NC2=S)cc1. The second-order valence-electron chi connectivity index (χ2n) is 5.54. The van der Waals surface area contributed by atoms with E-state index in [1.165, 1.54) is 18.1 Å². The van der Waals surface area contributed by atoms with E-state index in [0.29, 0.717) is 22.7 Å². The van der Waals surface area contributed by atoms with Gasteiger partial charge in [0.1, 0.15) is 17.1 Å². The summed E-state index contributed by atoms with van der Waals surface area (Å²) in [4.78, 5) is 26.7. The number of methoxy groups -OCH3 is 2. The molecule has 1 aliphatic heterocycles. The molecule has 1 aliphatic rings. The van der Waals surface area contributed by atoms with Crippen LogP contribution in [0.2, 0.25) is 0 Å². The standard InChI is InChI=1S/C19H15BrN2O4S/c1-25-14-6-4-13(5-7-14)22-18(24)15(17(23)21-19(22)27)10-11-9-12(20)3-8-16(11)26-2/h3-10H,1-2H3,(H,21,23,27)/b15-10-. The van der Waals surface area contributed by atoms with Crippen LogP contribution < -0.4 is 19.7 Å². The van der Waals surface area contributed by atoms with Crippen molar-refractivity contribution in [2.45, 2.75) is 0 Å². The van der Waals surface area contributed by atoms with Crippen LogP contribution in [0, 0.1) is 0 Å². The van der Waals surface area contributed by atoms with Gasteiger partial charge >= 0.3 is 0 Å². The van der Waals surface area contributed by atoms with Gasteiger partial charge in [-0.15, -0.1) is 0 Å². The maximum Gasteiger partial charge on any atom is 0.270 e. The van der Waals surface area contributed by atoms with Crippen molar-refractivity contribution in [1.29, 1.82) is 0 Å². The number of halogens is 1. The molecule has 0 unspecified atom stereocenters. The largest absolute Gasteiger partial charge is 0.497 e. The number of carbonyl (C=O) groups excluding carboxylic acids is 2. The molecule has 0 radical (unpaired) electrons. The minimum atomic E-state index is -0.559. The van der Waals surface area contributed by atoms with Gasteiger partial charge in [0.15, 0.2) is 5.11 Å². The molecule has 2 aromatic carbocycles. The van der Waals surface area contributed by atoms with Crippen LogP contribution in [0.4, 0.5) is 5.69 Å². The molecule has 3 rings (SSSR count). The monoisotopic (exact) mass is 446 g/mol. The molecule has 6 nitrogen and oxygen atoms in total. The minimum Gasteiger partial charge on any atom is -0.497 e. The van der Waals surface area contributed by atoms with E-state index in [9.17, 15) is 9.59 Å². The lowest BCUT2D eigenvalue weighted by Gasteiger charge is -2.29. The molecule has 1 fully saturated rings. The van der Waals surface area contributed by atoms with Crippen molar-refractivity contribution in [3.8, 4) is 11.5 Å². The lowest BCUT2D eigenvalue weighted by molar-refractivity contribution is -0.122. The average Bonchev–Trinajstić information content (AvgIpc) is 2.65. The summed E-state index contributed by atoms with van der Waals surface area (Å²) in [6, 6.07) is 12.1. The summed E-state index contributed by atoms with van der Waals surface area (Å²) in [6.45, 7) is 0. The Morgan fingerprint density at radius 1 is 1.07 bits per heavy atom. The van der Waals surface area contributed by atoms with Crippen molar-refractivity contribution in [1.82, 2.24) is 5.32 Å². The van der Waals surface area contributed by atoms with Crippen LogP contribution in [0.1, 0.15) is 5.56 Å². The summed E-state index contributed by atoms with van der Waals surface area (Å²) >= 11 is 8.57. The summed E-state index contributed by atoms with van der Waals surface area (Å²) in [6.07, 6.45) is 1.49. The van der Waals surface area contributed by atoms with E-state index in [2.05, 4.69) is 21.2 Å². The number of ether oxygens (including phenoxy) is 2. The zero-order valence-corrected chi connectivity index (χ0v) is 16.9. The van der Waals surface area contributed by atoms with Crippen LogP contribution in [-0.4, -0.2) is 31.1 Å². The Bertz CT molecular complexity index is 957. The van der Waals surface area contributed by atoms with Crippen LogP contribution in [0.25, 0.3) is 6.08 Å². The van der Waals surface area contributed by atoms with Gasteiger partial charge in [0.05, 0.1) is 19.9 Å². The second-order valence-corrected chi connectivity index (χ2v) is 6.84. The molecule has 0 aromatic heterocycles. The highest BCUT2D eigenvalue weighted by Crippen LogP contribution is 2.28. The predicted octanol–water partition coefficient (Wildman–Crippen LogP) is 3.30. The maximum atomic E-state index is 13.0.